The summed E-state index contributed by atoms with van der Waals surface area (Å²) in [4.78, 5) is 10.4. The molecule has 0 aliphatic rings. The second-order valence-corrected chi connectivity index (χ2v) is 2.79. The molecule has 0 heterocycles. The van der Waals surface area contributed by atoms with E-state index >= 15 is 0 Å². The van der Waals surface area contributed by atoms with E-state index in [-0.39, 0.29) is 5.97 Å². The number of ether oxygens (including phenoxy) is 2. The zero-order valence-electron chi connectivity index (χ0n) is 8.25. The molecule has 0 saturated heterocycles. The molecule has 0 radical (unpaired) electrons. The molecule has 0 aliphatic carbocycles. The highest BCUT2D eigenvalue weighted by molar-refractivity contribution is 5.65. The Kier molecular flexibility index (Phi) is 8.41. The molecule has 0 saturated carbocycles. The number of carbonyl (C=O) groups is 1. The van der Waals surface area contributed by atoms with E-state index < -0.39 is 0 Å². The van der Waals surface area contributed by atoms with Gasteiger partial charge in [-0.25, -0.2) is 0 Å². The van der Waals surface area contributed by atoms with E-state index in [1.165, 1.54) is 13.2 Å². The molecule has 0 amide bonds. The smallest absolute Gasteiger partial charge is 0.302 e. The molecule has 76 valence electrons. The van der Waals surface area contributed by atoms with E-state index in [0.29, 0.717) is 6.61 Å². The largest absolute Gasteiger partial charge is 0.502 e. The summed E-state index contributed by atoms with van der Waals surface area (Å²) < 4.78 is 9.74. The van der Waals surface area contributed by atoms with Crippen LogP contribution in [0.3, 0.4) is 0 Å². The van der Waals surface area contributed by atoms with Crippen molar-refractivity contribution in [1.82, 2.24) is 0 Å². The topological polar surface area (TPSA) is 35.5 Å². The standard InChI is InChI=1S/C10H18O3/c1-3-12-8-6-4-5-7-9-13-10(2)11/h3H,1,4-9H2,2H3. The molecule has 3 heteroatoms. The van der Waals surface area contributed by atoms with Gasteiger partial charge in [-0.1, -0.05) is 6.58 Å². The zero-order chi connectivity index (χ0) is 9.94. The quantitative estimate of drug-likeness (QED) is 0.331. The Morgan fingerprint density at radius 3 is 2.38 bits per heavy atom. The van der Waals surface area contributed by atoms with E-state index in [9.17, 15) is 4.79 Å². The summed E-state index contributed by atoms with van der Waals surface area (Å²) in [5.41, 5.74) is 0. The highest BCUT2D eigenvalue weighted by atomic mass is 16.5. The molecule has 0 spiro atoms. The third-order valence-electron chi connectivity index (χ3n) is 1.58. The summed E-state index contributed by atoms with van der Waals surface area (Å²) in [5.74, 6) is -0.199. The number of esters is 1. The van der Waals surface area contributed by atoms with Crippen LogP contribution in [0.5, 0.6) is 0 Å². The summed E-state index contributed by atoms with van der Waals surface area (Å²) in [7, 11) is 0. The van der Waals surface area contributed by atoms with Crippen molar-refractivity contribution in [2.24, 2.45) is 0 Å². The van der Waals surface area contributed by atoms with Crippen molar-refractivity contribution in [2.45, 2.75) is 32.6 Å². The van der Waals surface area contributed by atoms with E-state index in [1.54, 1.807) is 0 Å². The lowest BCUT2D eigenvalue weighted by atomic mass is 10.2. The lowest BCUT2D eigenvalue weighted by Gasteiger charge is -2.02. The first-order chi connectivity index (χ1) is 6.27. The Hall–Kier alpha value is -0.990. The van der Waals surface area contributed by atoms with Gasteiger partial charge >= 0.3 is 5.97 Å². The molecule has 0 aliphatic heterocycles. The maximum atomic E-state index is 10.4. The van der Waals surface area contributed by atoms with Gasteiger partial charge in [0.15, 0.2) is 0 Å². The fourth-order valence-corrected chi connectivity index (χ4v) is 0.940. The summed E-state index contributed by atoms with van der Waals surface area (Å²) in [6.45, 7) is 6.15. The van der Waals surface area contributed by atoms with Gasteiger partial charge in [0.2, 0.25) is 0 Å². The highest BCUT2D eigenvalue weighted by Crippen LogP contribution is 2.00. The SMILES string of the molecule is C=COCCCCCCOC(C)=O. The van der Waals surface area contributed by atoms with Crippen molar-refractivity contribution in [1.29, 1.82) is 0 Å². The summed E-state index contributed by atoms with van der Waals surface area (Å²) >= 11 is 0. The van der Waals surface area contributed by atoms with Gasteiger partial charge in [0.1, 0.15) is 0 Å². The molecule has 13 heavy (non-hydrogen) atoms. The van der Waals surface area contributed by atoms with Gasteiger partial charge in [0.05, 0.1) is 19.5 Å². The van der Waals surface area contributed by atoms with Crippen LogP contribution < -0.4 is 0 Å². The summed E-state index contributed by atoms with van der Waals surface area (Å²) in [5, 5.41) is 0. The second-order valence-electron chi connectivity index (χ2n) is 2.79. The van der Waals surface area contributed by atoms with Crippen molar-refractivity contribution in [3.63, 3.8) is 0 Å². The molecule has 3 nitrogen and oxygen atoms in total. The number of hydrogen-bond donors (Lipinski definition) is 0. The average molecular weight is 186 g/mol. The molecule has 0 bridgehead atoms. The Balaban J connectivity index is 2.91. The van der Waals surface area contributed by atoms with Gasteiger partial charge in [-0.2, -0.15) is 0 Å². The van der Waals surface area contributed by atoms with E-state index in [2.05, 4.69) is 6.58 Å². The number of rotatable bonds is 8. The van der Waals surface area contributed by atoms with Crippen LogP contribution in [0.4, 0.5) is 0 Å². The first-order valence-electron chi connectivity index (χ1n) is 4.63. The molecular weight excluding hydrogens is 168 g/mol. The lowest BCUT2D eigenvalue weighted by Crippen LogP contribution is -2.00. The molecule has 0 aromatic heterocycles. The third kappa shape index (κ3) is 11.0. The molecule has 0 N–H and O–H groups in total. The van der Waals surface area contributed by atoms with Gasteiger partial charge in [-0.15, -0.1) is 0 Å². The summed E-state index contributed by atoms with van der Waals surface area (Å²) in [6, 6.07) is 0. The van der Waals surface area contributed by atoms with Crippen LogP contribution in [0, 0.1) is 0 Å². The maximum absolute atomic E-state index is 10.4. The van der Waals surface area contributed by atoms with Gasteiger partial charge in [-0.3, -0.25) is 4.79 Å². The minimum Gasteiger partial charge on any atom is -0.502 e. The van der Waals surface area contributed by atoms with E-state index in [4.69, 9.17) is 9.47 Å². The minimum absolute atomic E-state index is 0.199. The fourth-order valence-electron chi connectivity index (χ4n) is 0.940. The fraction of sp³-hybridized carbons (Fsp3) is 0.700. The van der Waals surface area contributed by atoms with Crippen LogP contribution in [0.1, 0.15) is 32.6 Å². The molecule has 0 unspecified atom stereocenters. The Bertz CT molecular complexity index is 143. The lowest BCUT2D eigenvalue weighted by molar-refractivity contribution is -0.141. The predicted molar refractivity (Wildman–Crippen MR) is 51.3 cm³/mol. The number of carbonyl (C=O) groups excluding carboxylic acids is 1. The number of hydrogen-bond acceptors (Lipinski definition) is 3. The van der Waals surface area contributed by atoms with Crippen molar-refractivity contribution in [3.8, 4) is 0 Å². The zero-order valence-corrected chi connectivity index (χ0v) is 8.25. The molecule has 0 aromatic carbocycles. The van der Waals surface area contributed by atoms with Crippen LogP contribution >= 0.6 is 0 Å². The predicted octanol–water partition coefficient (Wildman–Crippen LogP) is 2.27. The van der Waals surface area contributed by atoms with Gasteiger partial charge in [0, 0.05) is 6.92 Å². The van der Waals surface area contributed by atoms with E-state index in [0.717, 1.165) is 32.3 Å². The van der Waals surface area contributed by atoms with Crippen molar-refractivity contribution >= 4 is 5.97 Å². The van der Waals surface area contributed by atoms with Crippen molar-refractivity contribution < 1.29 is 14.3 Å². The Morgan fingerprint density at radius 2 is 1.85 bits per heavy atom. The second kappa shape index (κ2) is 9.10. The Labute approximate surface area is 79.7 Å². The summed E-state index contributed by atoms with van der Waals surface area (Å²) in [6.07, 6.45) is 5.61. The first-order valence-corrected chi connectivity index (χ1v) is 4.63. The monoisotopic (exact) mass is 186 g/mol. The van der Waals surface area contributed by atoms with Crippen molar-refractivity contribution in [3.05, 3.63) is 12.8 Å². The van der Waals surface area contributed by atoms with Gasteiger partial charge < -0.3 is 9.47 Å². The van der Waals surface area contributed by atoms with E-state index in [1.807, 2.05) is 0 Å². The van der Waals surface area contributed by atoms with Crippen LogP contribution in [-0.2, 0) is 14.3 Å². The molecule has 0 aromatic rings. The van der Waals surface area contributed by atoms with Crippen LogP contribution in [-0.4, -0.2) is 19.2 Å². The maximum Gasteiger partial charge on any atom is 0.302 e. The van der Waals surface area contributed by atoms with Gasteiger partial charge in [0.25, 0.3) is 0 Å². The van der Waals surface area contributed by atoms with Crippen LogP contribution in [0.15, 0.2) is 12.8 Å². The van der Waals surface area contributed by atoms with Crippen LogP contribution in [0.25, 0.3) is 0 Å². The highest BCUT2D eigenvalue weighted by Gasteiger charge is 1.93. The first kappa shape index (κ1) is 12.0. The molecule has 0 fully saturated rings. The van der Waals surface area contributed by atoms with Crippen LogP contribution in [0.2, 0.25) is 0 Å². The molecular formula is C10H18O3. The minimum atomic E-state index is -0.199. The Morgan fingerprint density at radius 1 is 1.23 bits per heavy atom. The molecule has 0 rings (SSSR count). The van der Waals surface area contributed by atoms with Gasteiger partial charge in [-0.05, 0) is 25.7 Å². The third-order valence-corrected chi connectivity index (χ3v) is 1.58. The average Bonchev–Trinajstić information content (AvgIpc) is 2.09. The van der Waals surface area contributed by atoms with Crippen molar-refractivity contribution in [2.75, 3.05) is 13.2 Å². The number of unbranched alkanes of at least 4 members (excludes halogenated alkanes) is 3. The normalized spacial score (nSPS) is 9.31. The molecule has 0 atom stereocenters.